The van der Waals surface area contributed by atoms with E-state index in [1.54, 1.807) is 5.38 Å². The van der Waals surface area contributed by atoms with Crippen LogP contribution in [0.15, 0.2) is 36.0 Å². The molecule has 0 fully saturated rings. The third-order valence-corrected chi connectivity index (χ3v) is 3.75. The molecule has 20 heavy (non-hydrogen) atoms. The summed E-state index contributed by atoms with van der Waals surface area (Å²) in [4.78, 5) is 15.7. The Hall–Kier alpha value is -2.15. The van der Waals surface area contributed by atoms with Crippen molar-refractivity contribution in [2.75, 3.05) is 5.32 Å². The fourth-order valence-electron chi connectivity index (χ4n) is 2.09. The number of carbonyl (C=O) groups excluding carboxylic acids is 1. The molecule has 0 aliphatic carbocycles. The molecule has 1 aliphatic heterocycles. The van der Waals surface area contributed by atoms with E-state index in [0.717, 1.165) is 11.3 Å². The van der Waals surface area contributed by atoms with Crippen molar-refractivity contribution in [3.05, 3.63) is 46.4 Å². The molecule has 0 aromatic carbocycles. The van der Waals surface area contributed by atoms with Crippen molar-refractivity contribution in [2.24, 2.45) is 0 Å². The van der Waals surface area contributed by atoms with E-state index < -0.39 is 17.7 Å². The molecule has 102 valence electrons. The molecule has 0 radical (unpaired) electrons. The van der Waals surface area contributed by atoms with Gasteiger partial charge in [0, 0.05) is 16.6 Å². The highest BCUT2D eigenvalue weighted by Crippen LogP contribution is 2.45. The van der Waals surface area contributed by atoms with Gasteiger partial charge in [0.1, 0.15) is 0 Å². The van der Waals surface area contributed by atoms with Crippen molar-refractivity contribution in [1.82, 2.24) is 4.98 Å². The Morgan fingerprint density at radius 1 is 1.30 bits per heavy atom. The van der Waals surface area contributed by atoms with Gasteiger partial charge < -0.3 is 5.32 Å². The molecule has 7 heteroatoms. The van der Waals surface area contributed by atoms with Crippen molar-refractivity contribution in [3.63, 3.8) is 0 Å². The quantitative estimate of drug-likeness (QED) is 0.817. The first-order chi connectivity index (χ1) is 9.48. The van der Waals surface area contributed by atoms with E-state index in [0.29, 0.717) is 5.69 Å². The Balaban J connectivity index is 2.32. The number of carbonyl (C=O) groups is 1. The molecule has 3 heterocycles. The second kappa shape index (κ2) is 4.45. The van der Waals surface area contributed by atoms with Gasteiger partial charge in [0.15, 0.2) is 0 Å². The maximum Gasteiger partial charge on any atom is 0.418 e. The average molecular weight is 296 g/mol. The molecule has 1 N–H and O–H groups in total. The second-order valence-corrected chi connectivity index (χ2v) is 5.05. The Morgan fingerprint density at radius 3 is 2.75 bits per heavy atom. The van der Waals surface area contributed by atoms with Gasteiger partial charge in [0.05, 0.1) is 23.0 Å². The number of alkyl halides is 3. The van der Waals surface area contributed by atoms with E-state index in [-0.39, 0.29) is 16.0 Å². The highest BCUT2D eigenvalue weighted by atomic mass is 32.1. The number of amides is 1. The Labute approximate surface area is 115 Å². The molecular formula is C13H7F3N2OS. The number of hydrogen-bond acceptors (Lipinski definition) is 3. The van der Waals surface area contributed by atoms with Crippen LogP contribution in [0.5, 0.6) is 0 Å². The van der Waals surface area contributed by atoms with Crippen molar-refractivity contribution in [2.45, 2.75) is 6.18 Å². The average Bonchev–Trinajstić information content (AvgIpc) is 2.98. The molecule has 3 nitrogen and oxygen atoms in total. The van der Waals surface area contributed by atoms with E-state index in [2.05, 4.69) is 10.3 Å². The highest BCUT2D eigenvalue weighted by Gasteiger charge is 2.42. The number of allylic oxidation sites excluding steroid dienone is 1. The zero-order valence-corrected chi connectivity index (χ0v) is 10.7. The first-order valence-electron chi connectivity index (χ1n) is 5.59. The Morgan fingerprint density at radius 2 is 2.10 bits per heavy atom. The zero-order valence-electron chi connectivity index (χ0n) is 9.86. The SMILES string of the molecule is O=C1Nc2cnccc2C1=C(c1cccs1)C(F)(F)F. The number of fused-ring (bicyclic) bond motifs is 1. The first kappa shape index (κ1) is 12.9. The summed E-state index contributed by atoms with van der Waals surface area (Å²) in [5, 5.41) is 3.95. The van der Waals surface area contributed by atoms with Gasteiger partial charge in [0.2, 0.25) is 0 Å². The van der Waals surface area contributed by atoms with Gasteiger partial charge in [-0.05, 0) is 17.5 Å². The standard InChI is InChI=1S/C13H7F3N2OS/c14-13(15,16)11(9-2-1-5-20-9)10-7-3-4-17-6-8(7)18-12(10)19/h1-6H,(H,18,19). The van der Waals surface area contributed by atoms with E-state index >= 15 is 0 Å². The fourth-order valence-corrected chi connectivity index (χ4v) is 2.89. The molecule has 3 rings (SSSR count). The number of hydrogen-bond donors (Lipinski definition) is 1. The predicted molar refractivity (Wildman–Crippen MR) is 70.1 cm³/mol. The smallest absolute Gasteiger partial charge is 0.320 e. The summed E-state index contributed by atoms with van der Waals surface area (Å²) in [6.07, 6.45) is -1.91. The molecular weight excluding hydrogens is 289 g/mol. The number of aromatic nitrogens is 1. The number of halogens is 3. The van der Waals surface area contributed by atoms with Gasteiger partial charge in [-0.2, -0.15) is 13.2 Å². The van der Waals surface area contributed by atoms with Crippen molar-refractivity contribution < 1.29 is 18.0 Å². The zero-order chi connectivity index (χ0) is 14.3. The number of nitrogens with one attached hydrogen (secondary N) is 1. The summed E-state index contributed by atoms with van der Waals surface area (Å²) in [6, 6.07) is 4.28. The lowest BCUT2D eigenvalue weighted by molar-refractivity contribution is -0.111. The molecule has 0 spiro atoms. The normalized spacial score (nSPS) is 16.9. The van der Waals surface area contributed by atoms with Crippen LogP contribution in [-0.2, 0) is 4.79 Å². The van der Waals surface area contributed by atoms with Crippen LogP contribution >= 0.6 is 11.3 Å². The van der Waals surface area contributed by atoms with Gasteiger partial charge in [-0.25, -0.2) is 0 Å². The van der Waals surface area contributed by atoms with Crippen LogP contribution in [0.4, 0.5) is 18.9 Å². The third-order valence-electron chi connectivity index (χ3n) is 2.87. The molecule has 0 unspecified atom stereocenters. The number of rotatable bonds is 1. The van der Waals surface area contributed by atoms with Gasteiger partial charge in [0.25, 0.3) is 5.91 Å². The van der Waals surface area contributed by atoms with Crippen LogP contribution in [-0.4, -0.2) is 17.1 Å². The van der Waals surface area contributed by atoms with Gasteiger partial charge in [-0.3, -0.25) is 9.78 Å². The second-order valence-electron chi connectivity index (χ2n) is 4.10. The summed E-state index contributed by atoms with van der Waals surface area (Å²) in [7, 11) is 0. The molecule has 2 aromatic heterocycles. The van der Waals surface area contributed by atoms with E-state index in [9.17, 15) is 18.0 Å². The maximum atomic E-state index is 13.4. The maximum absolute atomic E-state index is 13.4. The Bertz CT molecular complexity index is 705. The predicted octanol–water partition coefficient (Wildman–Crippen LogP) is 3.57. The molecule has 1 aliphatic rings. The summed E-state index contributed by atoms with van der Waals surface area (Å²) in [5.41, 5.74) is -0.733. The summed E-state index contributed by atoms with van der Waals surface area (Å²) in [6.45, 7) is 0. The topological polar surface area (TPSA) is 42.0 Å². The number of pyridine rings is 1. The van der Waals surface area contributed by atoms with Crippen molar-refractivity contribution in [1.29, 1.82) is 0 Å². The largest absolute Gasteiger partial charge is 0.418 e. The minimum absolute atomic E-state index is 0.0207. The minimum Gasteiger partial charge on any atom is -0.320 e. The number of thiophene rings is 1. The molecule has 0 saturated heterocycles. The lowest BCUT2D eigenvalue weighted by atomic mass is 10.0. The monoisotopic (exact) mass is 296 g/mol. The summed E-state index contributed by atoms with van der Waals surface area (Å²) >= 11 is 0.948. The lowest BCUT2D eigenvalue weighted by Crippen LogP contribution is -2.15. The van der Waals surface area contributed by atoms with Gasteiger partial charge in [-0.15, -0.1) is 11.3 Å². The van der Waals surface area contributed by atoms with Crippen LogP contribution in [0.2, 0.25) is 0 Å². The third kappa shape index (κ3) is 2.00. The Kier molecular flexibility index (Phi) is 2.86. The number of nitrogens with zero attached hydrogens (tertiary/aromatic N) is 1. The van der Waals surface area contributed by atoms with E-state index in [1.165, 1.54) is 30.6 Å². The first-order valence-corrected chi connectivity index (χ1v) is 6.47. The van der Waals surface area contributed by atoms with Crippen molar-refractivity contribution >= 4 is 34.1 Å². The number of anilines is 1. The molecule has 0 bridgehead atoms. The van der Waals surface area contributed by atoms with Gasteiger partial charge in [-0.1, -0.05) is 6.07 Å². The fraction of sp³-hybridized carbons (Fsp3) is 0.0769. The lowest BCUT2D eigenvalue weighted by Gasteiger charge is -2.13. The highest BCUT2D eigenvalue weighted by molar-refractivity contribution is 7.11. The van der Waals surface area contributed by atoms with Crippen LogP contribution in [0, 0.1) is 0 Å². The molecule has 1 amide bonds. The van der Waals surface area contributed by atoms with E-state index in [1.807, 2.05) is 0 Å². The van der Waals surface area contributed by atoms with Crippen LogP contribution in [0.1, 0.15) is 10.4 Å². The van der Waals surface area contributed by atoms with Crippen molar-refractivity contribution in [3.8, 4) is 0 Å². The van der Waals surface area contributed by atoms with Crippen LogP contribution in [0.3, 0.4) is 0 Å². The summed E-state index contributed by atoms with van der Waals surface area (Å²) < 4.78 is 40.1. The molecule has 0 saturated carbocycles. The molecule has 0 atom stereocenters. The van der Waals surface area contributed by atoms with Crippen LogP contribution in [0.25, 0.3) is 11.1 Å². The van der Waals surface area contributed by atoms with Gasteiger partial charge >= 0.3 is 6.18 Å². The molecule has 2 aromatic rings. The van der Waals surface area contributed by atoms with Crippen LogP contribution < -0.4 is 5.32 Å². The minimum atomic E-state index is -4.61. The summed E-state index contributed by atoms with van der Waals surface area (Å²) in [5.74, 6) is -0.756. The van der Waals surface area contributed by atoms with E-state index in [4.69, 9.17) is 0 Å².